The number of hydrogen-bond acceptors (Lipinski definition) is 3. The normalized spacial score (nSPS) is 12.3. The Morgan fingerprint density at radius 1 is 1.21 bits per heavy atom. The molecule has 1 heterocycles. The summed E-state index contributed by atoms with van der Waals surface area (Å²) >= 11 is 0. The van der Waals surface area contributed by atoms with Gasteiger partial charge in [-0.3, -0.25) is 14.2 Å². The molecular weight excluding hydrogens is 306 g/mol. The van der Waals surface area contributed by atoms with Gasteiger partial charge in [0.1, 0.15) is 0 Å². The molecule has 0 fully saturated rings. The molecular formula is C18H21N3O3. The standard InChI is InChI=1S/C18H21N3O3/c1-13(14-7-5-4-6-8-14)11-19-16(22)10-9-15-12-20(2)18(24)21(3)17(15)23/h4-10,12-13H,11H2,1-3H3,(H,19,22)/b10-9+. The highest BCUT2D eigenvalue weighted by atomic mass is 16.2. The number of hydrogen-bond donors (Lipinski definition) is 1. The fourth-order valence-corrected chi connectivity index (χ4v) is 2.33. The van der Waals surface area contributed by atoms with Crippen molar-refractivity contribution < 1.29 is 4.79 Å². The highest BCUT2D eigenvalue weighted by molar-refractivity contribution is 5.91. The largest absolute Gasteiger partial charge is 0.352 e. The lowest BCUT2D eigenvalue weighted by Crippen LogP contribution is -2.37. The maximum Gasteiger partial charge on any atom is 0.330 e. The Balaban J connectivity index is 2.02. The third kappa shape index (κ3) is 4.10. The molecule has 1 atom stereocenters. The van der Waals surface area contributed by atoms with E-state index in [1.165, 1.54) is 30.0 Å². The van der Waals surface area contributed by atoms with Crippen molar-refractivity contribution in [1.29, 1.82) is 0 Å². The minimum atomic E-state index is -0.431. The van der Waals surface area contributed by atoms with Gasteiger partial charge in [0, 0.05) is 32.9 Å². The smallest absolute Gasteiger partial charge is 0.330 e. The van der Waals surface area contributed by atoms with Crippen molar-refractivity contribution in [3.63, 3.8) is 0 Å². The second-order valence-electron chi connectivity index (χ2n) is 5.73. The lowest BCUT2D eigenvalue weighted by Gasteiger charge is -2.11. The molecule has 1 aromatic heterocycles. The van der Waals surface area contributed by atoms with E-state index in [1.54, 1.807) is 7.05 Å². The quantitative estimate of drug-likeness (QED) is 0.833. The molecule has 2 rings (SSSR count). The number of aryl methyl sites for hydroxylation is 1. The first-order chi connectivity index (χ1) is 11.4. The maximum absolute atomic E-state index is 12.0. The summed E-state index contributed by atoms with van der Waals surface area (Å²) in [7, 11) is 2.96. The molecule has 1 unspecified atom stereocenters. The van der Waals surface area contributed by atoms with Crippen LogP contribution in [-0.4, -0.2) is 21.6 Å². The molecule has 126 valence electrons. The Morgan fingerprint density at radius 2 is 1.88 bits per heavy atom. The molecule has 1 N–H and O–H groups in total. The summed E-state index contributed by atoms with van der Waals surface area (Å²) in [5.74, 6) is -0.0948. The second-order valence-corrected chi connectivity index (χ2v) is 5.73. The molecule has 0 saturated heterocycles. The molecule has 6 nitrogen and oxygen atoms in total. The topological polar surface area (TPSA) is 73.1 Å². The summed E-state index contributed by atoms with van der Waals surface area (Å²) < 4.78 is 2.31. The highest BCUT2D eigenvalue weighted by Gasteiger charge is 2.07. The van der Waals surface area contributed by atoms with Crippen LogP contribution in [0.4, 0.5) is 0 Å². The van der Waals surface area contributed by atoms with Crippen LogP contribution in [0.5, 0.6) is 0 Å². The predicted octanol–water partition coefficient (Wildman–Crippen LogP) is 1.02. The van der Waals surface area contributed by atoms with Gasteiger partial charge in [0.25, 0.3) is 5.56 Å². The molecule has 0 spiro atoms. The van der Waals surface area contributed by atoms with Gasteiger partial charge in [0.2, 0.25) is 5.91 Å². The van der Waals surface area contributed by atoms with E-state index in [9.17, 15) is 14.4 Å². The number of nitrogens with zero attached hydrogens (tertiary/aromatic N) is 2. The predicted molar refractivity (Wildman–Crippen MR) is 93.8 cm³/mol. The first kappa shape index (κ1) is 17.5. The molecule has 24 heavy (non-hydrogen) atoms. The molecule has 0 aliphatic carbocycles. The van der Waals surface area contributed by atoms with Gasteiger partial charge in [-0.1, -0.05) is 37.3 Å². The fourth-order valence-electron chi connectivity index (χ4n) is 2.33. The minimum absolute atomic E-state index is 0.189. The first-order valence-electron chi connectivity index (χ1n) is 7.67. The summed E-state index contributed by atoms with van der Waals surface area (Å²) in [5, 5.41) is 2.81. The molecule has 0 saturated carbocycles. The number of carbonyl (C=O) groups is 1. The van der Waals surface area contributed by atoms with Crippen molar-refractivity contribution in [2.75, 3.05) is 6.54 Å². The third-order valence-corrected chi connectivity index (χ3v) is 3.84. The summed E-state index contributed by atoms with van der Waals surface area (Å²) in [5.41, 5.74) is 0.595. The highest BCUT2D eigenvalue weighted by Crippen LogP contribution is 2.12. The Hall–Kier alpha value is -2.89. The van der Waals surface area contributed by atoms with E-state index in [0.717, 1.165) is 10.1 Å². The van der Waals surface area contributed by atoms with Crippen LogP contribution >= 0.6 is 0 Å². The molecule has 6 heteroatoms. The van der Waals surface area contributed by atoms with Crippen molar-refractivity contribution in [3.8, 4) is 0 Å². The van der Waals surface area contributed by atoms with Crippen molar-refractivity contribution in [2.45, 2.75) is 12.8 Å². The fraction of sp³-hybridized carbons (Fsp3) is 0.278. The number of amides is 1. The first-order valence-corrected chi connectivity index (χ1v) is 7.67. The van der Waals surface area contributed by atoms with Crippen molar-refractivity contribution >= 4 is 12.0 Å². The van der Waals surface area contributed by atoms with Gasteiger partial charge in [-0.2, -0.15) is 0 Å². The van der Waals surface area contributed by atoms with Crippen molar-refractivity contribution in [3.05, 3.63) is 74.6 Å². The van der Waals surface area contributed by atoms with Gasteiger partial charge >= 0.3 is 5.69 Å². The summed E-state index contributed by atoms with van der Waals surface area (Å²) in [4.78, 5) is 35.5. The monoisotopic (exact) mass is 327 g/mol. The zero-order chi connectivity index (χ0) is 17.7. The number of carbonyl (C=O) groups excluding carboxylic acids is 1. The van der Waals surface area contributed by atoms with Gasteiger partial charge in [-0.25, -0.2) is 4.79 Å². The van der Waals surface area contributed by atoms with Crippen molar-refractivity contribution in [1.82, 2.24) is 14.5 Å². The lowest BCUT2D eigenvalue weighted by molar-refractivity contribution is -0.116. The van der Waals surface area contributed by atoms with Crippen LogP contribution in [0, 0.1) is 0 Å². The number of benzene rings is 1. The average molecular weight is 327 g/mol. The van der Waals surface area contributed by atoms with Crippen LogP contribution in [0.3, 0.4) is 0 Å². The molecule has 0 radical (unpaired) electrons. The van der Waals surface area contributed by atoms with Crippen LogP contribution < -0.4 is 16.6 Å². The van der Waals surface area contributed by atoms with Crippen LogP contribution in [0.25, 0.3) is 6.08 Å². The van der Waals surface area contributed by atoms with E-state index < -0.39 is 11.2 Å². The number of aromatic nitrogens is 2. The van der Waals surface area contributed by atoms with Gasteiger partial charge < -0.3 is 9.88 Å². The molecule has 0 aliphatic heterocycles. The number of nitrogens with one attached hydrogen (secondary N) is 1. The van der Waals surface area contributed by atoms with E-state index in [1.807, 2.05) is 37.3 Å². The molecule has 0 bridgehead atoms. The van der Waals surface area contributed by atoms with Gasteiger partial charge in [0.05, 0.1) is 5.56 Å². The summed E-state index contributed by atoms with van der Waals surface area (Å²) in [6, 6.07) is 9.90. The Labute approximate surface area is 140 Å². The van der Waals surface area contributed by atoms with Gasteiger partial charge in [-0.05, 0) is 17.6 Å². The van der Waals surface area contributed by atoms with E-state index in [-0.39, 0.29) is 17.4 Å². The summed E-state index contributed by atoms with van der Waals surface area (Å²) in [6.07, 6.45) is 4.14. The van der Waals surface area contributed by atoms with E-state index in [4.69, 9.17) is 0 Å². The molecule has 0 aliphatic rings. The second kappa shape index (κ2) is 7.59. The van der Waals surface area contributed by atoms with Gasteiger partial charge in [-0.15, -0.1) is 0 Å². The van der Waals surface area contributed by atoms with Crippen LogP contribution in [0.15, 0.2) is 52.2 Å². The molecule has 1 amide bonds. The average Bonchev–Trinajstić information content (AvgIpc) is 2.60. The van der Waals surface area contributed by atoms with E-state index in [2.05, 4.69) is 5.32 Å². The zero-order valence-corrected chi connectivity index (χ0v) is 14.0. The third-order valence-electron chi connectivity index (χ3n) is 3.84. The summed E-state index contributed by atoms with van der Waals surface area (Å²) in [6.45, 7) is 2.53. The zero-order valence-electron chi connectivity index (χ0n) is 14.0. The van der Waals surface area contributed by atoms with Crippen LogP contribution in [0.2, 0.25) is 0 Å². The van der Waals surface area contributed by atoms with E-state index in [0.29, 0.717) is 6.54 Å². The van der Waals surface area contributed by atoms with Crippen LogP contribution in [0.1, 0.15) is 24.0 Å². The SMILES string of the molecule is CC(CNC(=O)/C=C/c1cn(C)c(=O)n(C)c1=O)c1ccccc1. The van der Waals surface area contributed by atoms with Crippen molar-refractivity contribution in [2.24, 2.45) is 14.1 Å². The maximum atomic E-state index is 12.0. The van der Waals surface area contributed by atoms with Gasteiger partial charge in [0.15, 0.2) is 0 Å². The molecule has 2 aromatic rings. The number of rotatable bonds is 5. The van der Waals surface area contributed by atoms with Crippen LogP contribution in [-0.2, 0) is 18.9 Å². The lowest BCUT2D eigenvalue weighted by atomic mass is 10.0. The molecule has 1 aromatic carbocycles. The Morgan fingerprint density at radius 3 is 2.54 bits per heavy atom. The Kier molecular flexibility index (Phi) is 5.52. The minimum Gasteiger partial charge on any atom is -0.352 e. The Bertz CT molecular complexity index is 863. The van der Waals surface area contributed by atoms with E-state index >= 15 is 0 Å².